The largest absolute Gasteiger partial charge is 0.480 e. The second kappa shape index (κ2) is 10.2. The second-order valence-electron chi connectivity index (χ2n) is 7.29. The van der Waals surface area contributed by atoms with Gasteiger partial charge in [0, 0.05) is 17.8 Å². The first-order valence-corrected chi connectivity index (χ1v) is 11.0. The van der Waals surface area contributed by atoms with Crippen molar-refractivity contribution in [3.8, 4) is 0 Å². The minimum Gasteiger partial charge on any atom is -0.480 e. The third-order valence-corrected chi connectivity index (χ3v) is 6.13. The second-order valence-corrected chi connectivity index (χ2v) is 8.29. The molecule has 0 unspecified atom stereocenters. The summed E-state index contributed by atoms with van der Waals surface area (Å²) in [6.07, 6.45) is 4.51. The number of nitrogens with one attached hydrogen (secondary N) is 2. The summed E-state index contributed by atoms with van der Waals surface area (Å²) >= 11 is 1.16. The number of aryl methyl sites for hydroxylation is 2. The summed E-state index contributed by atoms with van der Waals surface area (Å²) in [6, 6.07) is 6.08. The number of amides is 2. The summed E-state index contributed by atoms with van der Waals surface area (Å²) in [4.78, 5) is 53.4. The van der Waals surface area contributed by atoms with E-state index in [0.29, 0.717) is 32.9 Å². The maximum Gasteiger partial charge on any atom is 0.322 e. The quantitative estimate of drug-likeness (QED) is 0.424. The first kappa shape index (κ1) is 23.1. The Balaban J connectivity index is 1.76. The number of carbonyl (C=O) groups is 3. The Morgan fingerprint density at radius 1 is 1.12 bits per heavy atom. The van der Waals surface area contributed by atoms with Crippen LogP contribution in [0, 0.1) is 6.92 Å². The monoisotopic (exact) mass is 456 g/mol. The average molecular weight is 457 g/mol. The molecule has 1 aromatic carbocycles. The van der Waals surface area contributed by atoms with E-state index >= 15 is 0 Å². The van der Waals surface area contributed by atoms with Crippen LogP contribution in [0.2, 0.25) is 0 Å². The molecule has 168 valence electrons. The molecule has 0 aliphatic heterocycles. The summed E-state index contributed by atoms with van der Waals surface area (Å²) in [5.74, 6) is -2.03. The van der Waals surface area contributed by atoms with Crippen molar-refractivity contribution in [2.75, 3.05) is 11.9 Å². The summed E-state index contributed by atoms with van der Waals surface area (Å²) in [5.41, 5.74) is 1.19. The Bertz CT molecular complexity index is 1210. The molecule has 0 fully saturated rings. The number of aromatic nitrogens is 2. The van der Waals surface area contributed by atoms with Crippen molar-refractivity contribution in [2.24, 2.45) is 0 Å². The van der Waals surface area contributed by atoms with Crippen LogP contribution in [-0.4, -0.2) is 39.0 Å². The van der Waals surface area contributed by atoms with Crippen molar-refractivity contribution in [1.82, 2.24) is 14.9 Å². The lowest BCUT2D eigenvalue weighted by Crippen LogP contribution is -2.29. The van der Waals surface area contributed by atoms with E-state index in [1.807, 2.05) is 0 Å². The fourth-order valence-corrected chi connectivity index (χ4v) is 4.25. The summed E-state index contributed by atoms with van der Waals surface area (Å²) in [7, 11) is 0. The van der Waals surface area contributed by atoms with E-state index in [2.05, 4.69) is 22.5 Å². The van der Waals surface area contributed by atoms with Gasteiger partial charge in [-0.1, -0.05) is 19.8 Å². The Kier molecular flexibility index (Phi) is 7.37. The van der Waals surface area contributed by atoms with E-state index in [-0.39, 0.29) is 17.0 Å². The smallest absolute Gasteiger partial charge is 0.322 e. The average Bonchev–Trinajstić information content (AvgIpc) is 3.11. The predicted octanol–water partition coefficient (Wildman–Crippen LogP) is 3.02. The van der Waals surface area contributed by atoms with Crippen molar-refractivity contribution >= 4 is 45.0 Å². The van der Waals surface area contributed by atoms with Gasteiger partial charge in [0.1, 0.15) is 11.4 Å². The molecule has 3 aromatic rings. The molecule has 3 rings (SSSR count). The van der Waals surface area contributed by atoms with Gasteiger partial charge in [0.15, 0.2) is 0 Å². The van der Waals surface area contributed by atoms with Crippen LogP contribution in [0.1, 0.15) is 51.8 Å². The van der Waals surface area contributed by atoms with Crippen LogP contribution >= 0.6 is 11.3 Å². The molecule has 2 aromatic heterocycles. The topological polar surface area (TPSA) is 130 Å². The van der Waals surface area contributed by atoms with Gasteiger partial charge < -0.3 is 15.7 Å². The van der Waals surface area contributed by atoms with Crippen LogP contribution < -0.4 is 16.2 Å². The van der Waals surface area contributed by atoms with Crippen LogP contribution in [0.15, 0.2) is 35.4 Å². The highest BCUT2D eigenvalue weighted by Gasteiger charge is 2.20. The zero-order chi connectivity index (χ0) is 23.3. The molecule has 0 radical (unpaired) electrons. The molecular formula is C22H24N4O5S. The molecule has 0 aliphatic carbocycles. The number of unbranched alkanes of at least 4 members (excludes halogenated alkanes) is 2. The summed E-state index contributed by atoms with van der Waals surface area (Å²) < 4.78 is 1.59. The Morgan fingerprint density at radius 2 is 1.84 bits per heavy atom. The number of nitrogens with zero attached hydrogens (tertiary/aromatic N) is 2. The molecule has 2 amide bonds. The van der Waals surface area contributed by atoms with Crippen LogP contribution in [0.25, 0.3) is 10.2 Å². The lowest BCUT2D eigenvalue weighted by molar-refractivity contribution is -0.135. The van der Waals surface area contributed by atoms with Crippen molar-refractivity contribution in [3.63, 3.8) is 0 Å². The number of carbonyl (C=O) groups excluding carboxylic acids is 2. The first-order chi connectivity index (χ1) is 15.3. The number of thiophene rings is 1. The number of carboxylic acids is 1. The van der Waals surface area contributed by atoms with E-state index in [1.165, 1.54) is 18.5 Å². The molecule has 32 heavy (non-hydrogen) atoms. The molecule has 0 atom stereocenters. The SMILES string of the molecule is CCCCCn1cnc2sc(C(=O)Nc3ccc(C(=O)NCC(=O)O)cc3)c(C)c2c1=O. The Labute approximate surface area is 188 Å². The predicted molar refractivity (Wildman–Crippen MR) is 123 cm³/mol. The van der Waals surface area contributed by atoms with E-state index < -0.39 is 18.4 Å². The number of hydrogen-bond donors (Lipinski definition) is 3. The number of rotatable bonds is 9. The van der Waals surface area contributed by atoms with Gasteiger partial charge in [0.25, 0.3) is 17.4 Å². The highest BCUT2D eigenvalue weighted by Crippen LogP contribution is 2.27. The van der Waals surface area contributed by atoms with E-state index in [0.717, 1.165) is 30.6 Å². The van der Waals surface area contributed by atoms with Gasteiger partial charge in [-0.15, -0.1) is 11.3 Å². The molecule has 3 N–H and O–H groups in total. The molecule has 10 heteroatoms. The Morgan fingerprint density at radius 3 is 2.50 bits per heavy atom. The maximum absolute atomic E-state index is 12.9. The Hall–Kier alpha value is -3.53. The standard InChI is InChI=1S/C22H24N4O5S/c1-3-4-5-10-26-12-24-21-17(22(26)31)13(2)18(32-21)20(30)25-15-8-6-14(7-9-15)19(29)23-11-16(27)28/h6-9,12H,3-5,10-11H2,1-2H3,(H,23,29)(H,25,30)(H,27,28). The van der Waals surface area contributed by atoms with Crippen molar-refractivity contribution in [2.45, 2.75) is 39.7 Å². The van der Waals surface area contributed by atoms with Crippen LogP contribution in [0.5, 0.6) is 0 Å². The number of hydrogen-bond acceptors (Lipinski definition) is 6. The van der Waals surface area contributed by atoms with Crippen molar-refractivity contribution in [1.29, 1.82) is 0 Å². The fourth-order valence-electron chi connectivity index (χ4n) is 3.22. The first-order valence-electron chi connectivity index (χ1n) is 10.2. The van der Waals surface area contributed by atoms with Gasteiger partial charge in [-0.2, -0.15) is 0 Å². The molecule has 0 saturated carbocycles. The van der Waals surface area contributed by atoms with Gasteiger partial charge in [0.2, 0.25) is 0 Å². The molecule has 2 heterocycles. The van der Waals surface area contributed by atoms with Gasteiger partial charge in [-0.05, 0) is 43.2 Å². The highest BCUT2D eigenvalue weighted by molar-refractivity contribution is 7.20. The van der Waals surface area contributed by atoms with E-state index in [4.69, 9.17) is 5.11 Å². The van der Waals surface area contributed by atoms with Crippen molar-refractivity contribution in [3.05, 3.63) is 57.0 Å². The number of aliphatic carboxylic acids is 1. The summed E-state index contributed by atoms with van der Waals surface area (Å²) in [6.45, 7) is 3.96. The zero-order valence-electron chi connectivity index (χ0n) is 17.8. The fraction of sp³-hybridized carbons (Fsp3) is 0.318. The minimum absolute atomic E-state index is 0.143. The third kappa shape index (κ3) is 5.20. The summed E-state index contributed by atoms with van der Waals surface area (Å²) in [5, 5.41) is 14.1. The minimum atomic E-state index is -1.14. The molecule has 9 nitrogen and oxygen atoms in total. The number of anilines is 1. The molecule has 0 bridgehead atoms. The molecule has 0 aliphatic rings. The number of benzene rings is 1. The van der Waals surface area contributed by atoms with Gasteiger partial charge in [-0.25, -0.2) is 4.98 Å². The van der Waals surface area contributed by atoms with Crippen LogP contribution in [-0.2, 0) is 11.3 Å². The van der Waals surface area contributed by atoms with Gasteiger partial charge in [-0.3, -0.25) is 23.7 Å². The van der Waals surface area contributed by atoms with Gasteiger partial charge in [0.05, 0.1) is 16.6 Å². The molecular weight excluding hydrogens is 432 g/mol. The zero-order valence-corrected chi connectivity index (χ0v) is 18.6. The lowest BCUT2D eigenvalue weighted by atomic mass is 10.1. The maximum atomic E-state index is 12.9. The van der Waals surface area contributed by atoms with Crippen molar-refractivity contribution < 1.29 is 19.5 Å². The lowest BCUT2D eigenvalue weighted by Gasteiger charge is -2.06. The van der Waals surface area contributed by atoms with Gasteiger partial charge >= 0.3 is 5.97 Å². The number of fused-ring (bicyclic) bond motifs is 1. The highest BCUT2D eigenvalue weighted by atomic mass is 32.1. The normalized spacial score (nSPS) is 10.8. The molecule has 0 spiro atoms. The van der Waals surface area contributed by atoms with E-state index in [1.54, 1.807) is 23.6 Å². The van der Waals surface area contributed by atoms with Crippen LogP contribution in [0.3, 0.4) is 0 Å². The third-order valence-electron chi connectivity index (χ3n) is 4.93. The number of carboxylic acid groups (broad SMARTS) is 1. The molecule has 0 saturated heterocycles. The van der Waals surface area contributed by atoms with E-state index in [9.17, 15) is 19.2 Å². The van der Waals surface area contributed by atoms with Crippen LogP contribution in [0.4, 0.5) is 5.69 Å².